The minimum Gasteiger partial charge on any atom is -0.481 e. The third-order valence-electron chi connectivity index (χ3n) is 6.09. The van der Waals surface area contributed by atoms with Crippen LogP contribution >= 0.6 is 12.6 Å². The summed E-state index contributed by atoms with van der Waals surface area (Å²) in [7, 11) is 0. The first kappa shape index (κ1) is 33.9. The molecule has 0 aliphatic rings. The second-order valence-electron chi connectivity index (χ2n) is 9.47. The number of unbranched alkanes of at least 4 members (excludes halogenated alkanes) is 13. The summed E-state index contributed by atoms with van der Waals surface area (Å²) in [6, 6.07) is -1.89. The average Bonchev–Trinajstić information content (AvgIpc) is 2.80. The van der Waals surface area contributed by atoms with Crippen LogP contribution in [0.5, 0.6) is 0 Å². The van der Waals surface area contributed by atoms with Gasteiger partial charge in [-0.05, 0) is 26.2 Å². The van der Waals surface area contributed by atoms with Gasteiger partial charge < -0.3 is 20.8 Å². The van der Waals surface area contributed by atoms with Gasteiger partial charge in [0.25, 0.3) is 0 Å². The molecule has 36 heavy (non-hydrogen) atoms. The zero-order valence-corrected chi connectivity index (χ0v) is 22.7. The minimum atomic E-state index is -1.19. The molecule has 0 heterocycles. The summed E-state index contributed by atoms with van der Waals surface area (Å²) in [5.41, 5.74) is 0. The van der Waals surface area contributed by atoms with Gasteiger partial charge >= 0.3 is 11.9 Å². The van der Waals surface area contributed by atoms with Crippen LogP contribution in [0.25, 0.3) is 0 Å². The number of hydrogen-bond donors (Lipinski definition) is 5. The maximum Gasteiger partial charge on any atom is 0.326 e. The van der Waals surface area contributed by atoms with Crippen LogP contribution in [0.3, 0.4) is 0 Å². The zero-order valence-electron chi connectivity index (χ0n) is 21.8. The van der Waals surface area contributed by atoms with E-state index in [1.807, 2.05) is 0 Å². The van der Waals surface area contributed by atoms with Crippen LogP contribution in [0, 0.1) is 0 Å². The second-order valence-corrected chi connectivity index (χ2v) is 9.91. The van der Waals surface area contributed by atoms with E-state index in [1.54, 1.807) is 0 Å². The fourth-order valence-corrected chi connectivity index (χ4v) is 3.92. The van der Waals surface area contributed by atoms with Crippen molar-refractivity contribution in [2.45, 2.75) is 135 Å². The highest BCUT2D eigenvalue weighted by molar-refractivity contribution is 7.96. The molecule has 2 atom stereocenters. The van der Waals surface area contributed by atoms with E-state index in [4.69, 9.17) is 5.11 Å². The number of nitrogens with one attached hydrogen (secondary N) is 2. The molecule has 4 N–H and O–H groups in total. The van der Waals surface area contributed by atoms with Crippen molar-refractivity contribution < 1.29 is 34.2 Å². The number of carbonyl (C=O) groups excluding carboxylic acids is 3. The summed E-state index contributed by atoms with van der Waals surface area (Å²) in [4.78, 5) is 56.7. The molecule has 0 spiro atoms. The van der Waals surface area contributed by atoms with Gasteiger partial charge in [-0.1, -0.05) is 77.0 Å². The van der Waals surface area contributed by atoms with Crippen LogP contribution in [-0.2, 0) is 24.0 Å². The third-order valence-corrected chi connectivity index (χ3v) is 6.47. The molecular weight excluding hydrogens is 484 g/mol. The van der Waals surface area contributed by atoms with Crippen LogP contribution in [-0.4, -0.2) is 51.2 Å². The standard InChI is InChI=1S/C26H46N2O7S/c1-20(26(35)36)27-23(30)19-18-21(25(33)34)28-22(29)16-14-12-10-8-6-4-2-3-5-7-9-11-13-15-17-24(31)32/h20-21H,2-19H2,1H3,(H,27,30)(H,28,29)(H,31,32)(H,33,34)(H,35,36). The molecule has 0 saturated heterocycles. The van der Waals surface area contributed by atoms with Gasteiger partial charge in [0, 0.05) is 19.3 Å². The maximum absolute atomic E-state index is 12.1. The number of carbonyl (C=O) groups is 5. The highest BCUT2D eigenvalue weighted by Crippen LogP contribution is 2.14. The Balaban J connectivity index is 3.67. The predicted octanol–water partition coefficient (Wildman–Crippen LogP) is 4.62. The number of carboxylic acid groups (broad SMARTS) is 2. The molecule has 0 aliphatic carbocycles. The van der Waals surface area contributed by atoms with Crippen molar-refractivity contribution in [3.05, 3.63) is 0 Å². The first-order chi connectivity index (χ1) is 17.1. The van der Waals surface area contributed by atoms with E-state index >= 15 is 0 Å². The van der Waals surface area contributed by atoms with Crippen LogP contribution in [0.2, 0.25) is 0 Å². The quantitative estimate of drug-likeness (QED) is 0.0902. The van der Waals surface area contributed by atoms with Crippen molar-refractivity contribution in [3.63, 3.8) is 0 Å². The molecular formula is C26H46N2O7S. The second kappa shape index (κ2) is 22.1. The van der Waals surface area contributed by atoms with Crippen molar-refractivity contribution >= 4 is 41.5 Å². The lowest BCUT2D eigenvalue weighted by atomic mass is 10.0. The molecule has 9 nitrogen and oxygen atoms in total. The van der Waals surface area contributed by atoms with Gasteiger partial charge in [-0.25, -0.2) is 4.79 Å². The van der Waals surface area contributed by atoms with Crippen molar-refractivity contribution in [1.82, 2.24) is 10.6 Å². The number of aliphatic carboxylic acids is 2. The number of hydrogen-bond acceptors (Lipinski definition) is 5. The molecule has 10 heteroatoms. The van der Waals surface area contributed by atoms with Crippen molar-refractivity contribution in [3.8, 4) is 0 Å². The lowest BCUT2D eigenvalue weighted by Gasteiger charge is -2.15. The van der Waals surface area contributed by atoms with Gasteiger partial charge in [-0.3, -0.25) is 19.2 Å². The van der Waals surface area contributed by atoms with E-state index in [-0.39, 0.29) is 31.6 Å². The number of thiol groups is 1. The van der Waals surface area contributed by atoms with Crippen molar-refractivity contribution in [2.24, 2.45) is 0 Å². The Bertz CT molecular complexity index is 673. The molecule has 0 radical (unpaired) electrons. The monoisotopic (exact) mass is 530 g/mol. The summed E-state index contributed by atoms with van der Waals surface area (Å²) in [5, 5.41) is 22.3. The van der Waals surface area contributed by atoms with E-state index < -0.39 is 35.0 Å². The van der Waals surface area contributed by atoms with Crippen molar-refractivity contribution in [1.29, 1.82) is 0 Å². The van der Waals surface area contributed by atoms with Crippen LogP contribution in [0.4, 0.5) is 0 Å². The first-order valence-electron chi connectivity index (χ1n) is 13.4. The Morgan fingerprint density at radius 3 is 1.39 bits per heavy atom. The van der Waals surface area contributed by atoms with Crippen molar-refractivity contribution in [2.75, 3.05) is 0 Å². The van der Waals surface area contributed by atoms with E-state index in [0.29, 0.717) is 6.42 Å². The summed E-state index contributed by atoms with van der Waals surface area (Å²) in [6.45, 7) is 1.49. The molecule has 0 bridgehead atoms. The normalized spacial score (nSPS) is 12.5. The molecule has 2 amide bonds. The van der Waals surface area contributed by atoms with Crippen LogP contribution < -0.4 is 10.6 Å². The number of amides is 2. The highest BCUT2D eigenvalue weighted by Gasteiger charge is 2.21. The number of carboxylic acids is 2. The average molecular weight is 531 g/mol. The smallest absolute Gasteiger partial charge is 0.326 e. The Morgan fingerprint density at radius 2 is 1.00 bits per heavy atom. The zero-order chi connectivity index (χ0) is 27.2. The summed E-state index contributed by atoms with van der Waals surface area (Å²) in [5.74, 6) is -2.69. The SMILES string of the molecule is CC(NC(=O)CCC(NC(=O)CCCCCCCCCCCCCCCCC(=O)O)C(=O)O)C(=O)S. The third kappa shape index (κ3) is 21.2. The fourth-order valence-electron chi connectivity index (χ4n) is 3.86. The van der Waals surface area contributed by atoms with Gasteiger partial charge in [0.1, 0.15) is 6.04 Å². The molecule has 0 aliphatic heterocycles. The minimum absolute atomic E-state index is 0.0484. The maximum atomic E-state index is 12.1. The Morgan fingerprint density at radius 1 is 0.611 bits per heavy atom. The largest absolute Gasteiger partial charge is 0.481 e. The molecule has 0 rings (SSSR count). The number of rotatable bonds is 24. The van der Waals surface area contributed by atoms with E-state index in [2.05, 4.69) is 23.3 Å². The van der Waals surface area contributed by atoms with E-state index in [9.17, 15) is 29.1 Å². The predicted molar refractivity (Wildman–Crippen MR) is 142 cm³/mol. The van der Waals surface area contributed by atoms with Gasteiger partial charge in [0.15, 0.2) is 0 Å². The summed E-state index contributed by atoms with van der Waals surface area (Å²) >= 11 is 3.63. The van der Waals surface area contributed by atoms with E-state index in [1.165, 1.54) is 51.9 Å². The molecule has 0 aromatic heterocycles. The molecule has 0 saturated carbocycles. The fraction of sp³-hybridized carbons (Fsp3) is 0.808. The molecule has 2 unspecified atom stereocenters. The highest BCUT2D eigenvalue weighted by atomic mass is 32.1. The van der Waals surface area contributed by atoms with Crippen LogP contribution in [0.15, 0.2) is 0 Å². The molecule has 0 fully saturated rings. The van der Waals surface area contributed by atoms with Gasteiger partial charge in [-0.15, -0.1) is 12.6 Å². The van der Waals surface area contributed by atoms with Crippen LogP contribution in [0.1, 0.15) is 122 Å². The summed E-state index contributed by atoms with van der Waals surface area (Å²) in [6.07, 6.45) is 15.6. The Hall–Kier alpha value is -2.10. The molecule has 0 aromatic carbocycles. The molecule has 208 valence electrons. The Labute approximate surface area is 221 Å². The summed E-state index contributed by atoms with van der Waals surface area (Å²) < 4.78 is 0. The topological polar surface area (TPSA) is 150 Å². The Kier molecular flexibility index (Phi) is 20.8. The van der Waals surface area contributed by atoms with Gasteiger partial charge in [-0.2, -0.15) is 0 Å². The van der Waals surface area contributed by atoms with Gasteiger partial charge in [0.05, 0.1) is 6.04 Å². The lowest BCUT2D eigenvalue weighted by molar-refractivity contribution is -0.142. The van der Waals surface area contributed by atoms with E-state index in [0.717, 1.165) is 38.5 Å². The van der Waals surface area contributed by atoms with Gasteiger partial charge in [0.2, 0.25) is 16.9 Å². The first-order valence-corrected chi connectivity index (χ1v) is 13.8. The lowest BCUT2D eigenvalue weighted by Crippen LogP contribution is -2.42. The molecule has 0 aromatic rings.